The first kappa shape index (κ1) is 40.8. The summed E-state index contributed by atoms with van der Waals surface area (Å²) in [6, 6.07) is 4.04. The Hall–Kier alpha value is -3.83. The Labute approximate surface area is 320 Å². The number of fused-ring (bicyclic) bond motifs is 2. The smallest absolute Gasteiger partial charge is 0.289 e. The van der Waals surface area contributed by atoms with Gasteiger partial charge in [-0.2, -0.15) is 0 Å². The maximum Gasteiger partial charge on any atom is 0.289 e. The molecule has 4 aromatic rings. The molecule has 296 valence electrons. The quantitative estimate of drug-likeness (QED) is 0.143. The third-order valence-corrected chi connectivity index (χ3v) is 15.8. The minimum Gasteiger partial charge on any atom is -0.322 e. The summed E-state index contributed by atoms with van der Waals surface area (Å²) in [7, 11) is -13.2. The second-order valence-electron chi connectivity index (χ2n) is 14.1. The molecule has 0 saturated heterocycles. The average molecular weight is 848 g/mol. The topological polar surface area (TPSA) is 162 Å². The van der Waals surface area contributed by atoms with Crippen LogP contribution in [0.4, 0.5) is 27.8 Å². The van der Waals surface area contributed by atoms with Crippen LogP contribution < -0.4 is 9.44 Å². The molecule has 0 radical (unpaired) electrons. The van der Waals surface area contributed by atoms with Crippen LogP contribution in [0.3, 0.4) is 0 Å². The fraction of sp³-hybridized carbons (Fsp3) is 0.429. The minimum atomic E-state index is -4.75. The lowest BCUT2D eigenvalue weighted by atomic mass is 9.89. The summed E-state index contributed by atoms with van der Waals surface area (Å²) < 4.78 is 149. The van der Waals surface area contributed by atoms with E-state index in [0.29, 0.717) is 55.4 Å². The van der Waals surface area contributed by atoms with Gasteiger partial charge in [-0.3, -0.25) is 0 Å². The third-order valence-electron chi connectivity index (χ3n) is 9.45. The Morgan fingerprint density at radius 3 is 2.15 bits per heavy atom. The van der Waals surface area contributed by atoms with Gasteiger partial charge in [-0.15, -0.1) is 8.81 Å². The molecule has 0 amide bonds. The molecule has 55 heavy (non-hydrogen) atoms. The molecular weight excluding hydrogens is 813 g/mol. The summed E-state index contributed by atoms with van der Waals surface area (Å²) in [4.78, 5) is 4.78. The van der Waals surface area contributed by atoms with Gasteiger partial charge in [0, 0.05) is 17.2 Å². The Balaban J connectivity index is 1.70. The van der Waals surface area contributed by atoms with Gasteiger partial charge in [0.05, 0.1) is 45.4 Å². The van der Waals surface area contributed by atoms with Crippen molar-refractivity contribution in [1.29, 1.82) is 0 Å². The monoisotopic (exact) mass is 847 g/mol. The van der Waals surface area contributed by atoms with Gasteiger partial charge >= 0.3 is 0 Å². The molecule has 2 aromatic carbocycles. The van der Waals surface area contributed by atoms with Crippen molar-refractivity contribution in [1.82, 2.24) is 14.8 Å². The lowest BCUT2D eigenvalue weighted by molar-refractivity contribution is 0.00365. The fourth-order valence-electron chi connectivity index (χ4n) is 6.90. The van der Waals surface area contributed by atoms with Crippen LogP contribution in [-0.2, 0) is 49.1 Å². The van der Waals surface area contributed by atoms with Crippen LogP contribution in [0.15, 0.2) is 30.3 Å². The van der Waals surface area contributed by atoms with Gasteiger partial charge in [-0.05, 0) is 93.2 Å². The zero-order chi connectivity index (χ0) is 40.6. The Bertz CT molecular complexity index is 2590. The number of hydrogen-bond donors (Lipinski definition) is 1. The Kier molecular flexibility index (Phi) is 10.6. The third kappa shape index (κ3) is 7.67. The number of halogens is 6. The van der Waals surface area contributed by atoms with E-state index in [-0.39, 0.29) is 54.3 Å². The number of hydrogen-bond acceptors (Lipinski definition) is 9. The van der Waals surface area contributed by atoms with Crippen LogP contribution in [0.1, 0.15) is 73.5 Å². The highest BCUT2D eigenvalue weighted by atomic mass is 35.5. The summed E-state index contributed by atoms with van der Waals surface area (Å²) >= 11 is 6.53. The number of nitrogens with two attached hydrogens (primary N) is 1. The first-order valence-corrected chi connectivity index (χ1v) is 22.4. The van der Waals surface area contributed by atoms with Crippen molar-refractivity contribution in [2.75, 3.05) is 16.2 Å². The molecule has 11 nitrogen and oxygen atoms in total. The lowest BCUT2D eigenvalue weighted by Crippen LogP contribution is -2.35. The van der Waals surface area contributed by atoms with Crippen molar-refractivity contribution in [2.45, 2.75) is 81.1 Å². The largest absolute Gasteiger partial charge is 0.322 e. The Morgan fingerprint density at radius 1 is 0.982 bits per heavy atom. The number of alkyl halides is 3. The van der Waals surface area contributed by atoms with E-state index in [1.165, 1.54) is 26.0 Å². The zero-order valence-electron chi connectivity index (χ0n) is 29.7. The van der Waals surface area contributed by atoms with Crippen LogP contribution in [0.5, 0.6) is 0 Å². The summed E-state index contributed by atoms with van der Waals surface area (Å²) in [5.74, 6) is 3.01. The highest BCUT2D eigenvalue weighted by Gasteiger charge is 2.45. The number of nitrogens with zero attached hydrogens (tertiary/aromatic N) is 4. The highest BCUT2D eigenvalue weighted by Crippen LogP contribution is 2.46. The first-order valence-electron chi connectivity index (χ1n) is 16.8. The molecule has 2 N–H and O–H groups in total. The minimum absolute atomic E-state index is 0.0223. The molecule has 1 saturated carbocycles. The highest BCUT2D eigenvalue weighted by molar-refractivity contribution is 8.09. The van der Waals surface area contributed by atoms with Gasteiger partial charge in [0.25, 0.3) is 12.7 Å². The molecule has 2 atom stereocenters. The molecule has 2 aliphatic carbocycles. The summed E-state index contributed by atoms with van der Waals surface area (Å²) in [5, 5.41) is 2.39. The molecule has 0 spiro atoms. The van der Waals surface area contributed by atoms with Crippen LogP contribution in [-0.4, -0.2) is 69.0 Å². The van der Waals surface area contributed by atoms with Crippen LogP contribution in [0.2, 0.25) is 5.02 Å². The van der Waals surface area contributed by atoms with Gasteiger partial charge in [0.1, 0.15) is 22.1 Å². The molecular formula is C35H35ClF5N5O6S3. The van der Waals surface area contributed by atoms with Crippen LogP contribution in [0, 0.1) is 23.5 Å². The van der Waals surface area contributed by atoms with E-state index in [0.717, 1.165) is 12.1 Å². The van der Waals surface area contributed by atoms with Crippen molar-refractivity contribution in [3.63, 3.8) is 0 Å². The number of sulfone groups is 1. The predicted octanol–water partition coefficient (Wildman–Crippen LogP) is 5.93. The van der Waals surface area contributed by atoms with Gasteiger partial charge in [-0.25, -0.2) is 56.9 Å². The molecule has 6 rings (SSSR count). The second-order valence-corrected chi connectivity index (χ2v) is 21.2. The molecule has 20 heteroatoms. The van der Waals surface area contributed by atoms with E-state index in [4.69, 9.17) is 22.3 Å². The number of anilines is 1. The van der Waals surface area contributed by atoms with Crippen molar-refractivity contribution >= 4 is 58.2 Å². The fourth-order valence-corrected chi connectivity index (χ4v) is 11.8. The van der Waals surface area contributed by atoms with Gasteiger partial charge in [0.2, 0.25) is 20.0 Å². The SMILES string of the molecule is CC(C)(C#Cc1nc([C@@H](N)Cc2cc(F)cc(F)c2)c(-c2ccc(Cl)c3c(N(S(C)(=O)=O)S(C)(=O)=O)nn(C(F)C(F)F)c23)c2c1CCC2)S(=O)(=O)C1CC1. The summed E-state index contributed by atoms with van der Waals surface area (Å²) in [5.41, 5.74) is 7.51. The van der Waals surface area contributed by atoms with Gasteiger partial charge in [-0.1, -0.05) is 23.6 Å². The molecule has 2 aromatic heterocycles. The van der Waals surface area contributed by atoms with Gasteiger partial charge in [0.15, 0.2) is 15.7 Å². The molecule has 2 heterocycles. The number of sulfonamides is 2. The first-order chi connectivity index (χ1) is 25.4. The van der Waals surface area contributed by atoms with Crippen LogP contribution in [0.25, 0.3) is 22.0 Å². The van der Waals surface area contributed by atoms with E-state index in [2.05, 4.69) is 16.9 Å². The van der Waals surface area contributed by atoms with E-state index >= 15 is 4.39 Å². The second kappa shape index (κ2) is 14.3. The normalized spacial score (nSPS) is 16.2. The standard InChI is InChI=1S/C35H35ClF5N5O6S3/c1-35(2,55(51,52)21-8-9-21)13-12-27-22-6-5-7-23(22)28(30(43-27)26(42)16-18-14-19(37)17-20(38)15-18)24-10-11-25(36)29-31(24)45(33(41)32(39)40)44-34(29)46(53(3,47)48)54(4,49)50/h10-11,14-15,17,21,26,32-33H,5-9,16,42H2,1-4H3/t26-,33?/m0/s1. The molecule has 2 aliphatic rings. The molecule has 1 fully saturated rings. The Morgan fingerprint density at radius 2 is 1.58 bits per heavy atom. The average Bonchev–Trinajstić information content (AvgIpc) is 3.69. The summed E-state index contributed by atoms with van der Waals surface area (Å²) in [6.45, 7) is 2.95. The molecule has 0 bridgehead atoms. The van der Waals surface area contributed by atoms with Crippen molar-refractivity contribution in [3.8, 4) is 23.0 Å². The zero-order valence-corrected chi connectivity index (χ0v) is 33.0. The number of benzene rings is 2. The maximum absolute atomic E-state index is 15.6. The predicted molar refractivity (Wildman–Crippen MR) is 198 cm³/mol. The van der Waals surface area contributed by atoms with E-state index in [1.807, 2.05) is 0 Å². The number of pyridine rings is 1. The van der Waals surface area contributed by atoms with E-state index < -0.39 is 87.0 Å². The van der Waals surface area contributed by atoms with Gasteiger partial charge < -0.3 is 5.73 Å². The number of aromatic nitrogens is 3. The van der Waals surface area contributed by atoms with Crippen molar-refractivity contribution < 1.29 is 47.2 Å². The van der Waals surface area contributed by atoms with Crippen molar-refractivity contribution in [3.05, 3.63) is 75.1 Å². The van der Waals surface area contributed by atoms with E-state index in [9.17, 15) is 42.8 Å². The molecule has 0 aliphatic heterocycles. The lowest BCUT2D eigenvalue weighted by Gasteiger charge is -2.22. The summed E-state index contributed by atoms with van der Waals surface area (Å²) in [6.07, 6.45) is -4.01. The van der Waals surface area contributed by atoms with Crippen LogP contribution >= 0.6 is 11.6 Å². The van der Waals surface area contributed by atoms with E-state index in [1.54, 1.807) is 0 Å². The van der Waals surface area contributed by atoms with Crippen molar-refractivity contribution in [2.24, 2.45) is 5.73 Å². The molecule has 1 unspecified atom stereocenters. The number of rotatable bonds is 11. The maximum atomic E-state index is 15.6.